The SMILES string of the molecule is COC(=O)CCN(CCOCCO)C(=O)CCOc1ccccc1. The Kier molecular flexibility index (Phi) is 10.2. The first-order chi connectivity index (χ1) is 11.7. The summed E-state index contributed by atoms with van der Waals surface area (Å²) in [5, 5.41) is 8.69. The molecule has 1 N–H and O–H groups in total. The molecule has 0 radical (unpaired) electrons. The average molecular weight is 339 g/mol. The largest absolute Gasteiger partial charge is 0.493 e. The Morgan fingerprint density at radius 2 is 1.79 bits per heavy atom. The van der Waals surface area contributed by atoms with Crippen LogP contribution in [0.5, 0.6) is 5.75 Å². The lowest BCUT2D eigenvalue weighted by Gasteiger charge is -2.22. The quantitative estimate of drug-likeness (QED) is 0.449. The van der Waals surface area contributed by atoms with Gasteiger partial charge in [-0.25, -0.2) is 0 Å². The van der Waals surface area contributed by atoms with E-state index in [2.05, 4.69) is 4.74 Å². The van der Waals surface area contributed by atoms with Crippen LogP contribution < -0.4 is 4.74 Å². The summed E-state index contributed by atoms with van der Waals surface area (Å²) in [7, 11) is 1.31. The number of ether oxygens (including phenoxy) is 3. The molecule has 24 heavy (non-hydrogen) atoms. The zero-order chi connectivity index (χ0) is 17.6. The topological polar surface area (TPSA) is 85.3 Å². The molecule has 0 aliphatic rings. The fraction of sp³-hybridized carbons (Fsp3) is 0.529. The Hall–Kier alpha value is -2.12. The van der Waals surface area contributed by atoms with Crippen LogP contribution >= 0.6 is 0 Å². The van der Waals surface area contributed by atoms with Crippen molar-refractivity contribution in [3.8, 4) is 5.75 Å². The Balaban J connectivity index is 2.40. The van der Waals surface area contributed by atoms with Crippen molar-refractivity contribution in [1.29, 1.82) is 0 Å². The number of rotatable bonds is 12. The number of benzene rings is 1. The first-order valence-corrected chi connectivity index (χ1v) is 7.88. The molecule has 1 amide bonds. The lowest BCUT2D eigenvalue weighted by atomic mass is 10.3. The minimum Gasteiger partial charge on any atom is -0.493 e. The van der Waals surface area contributed by atoms with Crippen LogP contribution in [0.3, 0.4) is 0 Å². The van der Waals surface area contributed by atoms with Gasteiger partial charge in [-0.05, 0) is 12.1 Å². The van der Waals surface area contributed by atoms with Gasteiger partial charge >= 0.3 is 5.97 Å². The minimum atomic E-state index is -0.371. The molecule has 0 aliphatic carbocycles. The van der Waals surface area contributed by atoms with Crippen molar-refractivity contribution in [3.05, 3.63) is 30.3 Å². The van der Waals surface area contributed by atoms with Gasteiger partial charge in [0, 0.05) is 13.1 Å². The van der Waals surface area contributed by atoms with E-state index in [-0.39, 0.29) is 51.1 Å². The van der Waals surface area contributed by atoms with Crippen LogP contribution in [0, 0.1) is 0 Å². The summed E-state index contributed by atoms with van der Waals surface area (Å²) in [4.78, 5) is 25.1. The number of amides is 1. The third kappa shape index (κ3) is 8.50. The van der Waals surface area contributed by atoms with Crippen LogP contribution in [-0.4, -0.2) is 68.5 Å². The van der Waals surface area contributed by atoms with Crippen LogP contribution in [0.4, 0.5) is 0 Å². The Labute approximate surface area is 142 Å². The minimum absolute atomic E-state index is 0.0684. The van der Waals surface area contributed by atoms with Gasteiger partial charge in [0.15, 0.2) is 0 Å². The molecule has 0 spiro atoms. The van der Waals surface area contributed by atoms with Crippen LogP contribution in [0.15, 0.2) is 30.3 Å². The second-order valence-corrected chi connectivity index (χ2v) is 4.95. The average Bonchev–Trinajstić information content (AvgIpc) is 2.61. The zero-order valence-electron chi connectivity index (χ0n) is 14.0. The number of methoxy groups -OCH3 is 1. The molecule has 1 rings (SSSR count). The molecule has 134 valence electrons. The highest BCUT2D eigenvalue weighted by Gasteiger charge is 2.15. The normalized spacial score (nSPS) is 10.2. The number of carbonyl (C=O) groups excluding carboxylic acids is 2. The summed E-state index contributed by atoms with van der Waals surface area (Å²) >= 11 is 0. The second kappa shape index (κ2) is 12.3. The number of para-hydroxylation sites is 1. The molecule has 0 aromatic heterocycles. The Morgan fingerprint density at radius 3 is 2.46 bits per heavy atom. The van der Waals surface area contributed by atoms with Crippen LogP contribution in [0.25, 0.3) is 0 Å². The maximum atomic E-state index is 12.3. The summed E-state index contributed by atoms with van der Waals surface area (Å²) in [5.74, 6) is 0.213. The van der Waals surface area contributed by atoms with Gasteiger partial charge in [-0.3, -0.25) is 9.59 Å². The van der Waals surface area contributed by atoms with Crippen LogP contribution in [-0.2, 0) is 19.1 Å². The van der Waals surface area contributed by atoms with Gasteiger partial charge in [0.25, 0.3) is 0 Å². The van der Waals surface area contributed by atoms with E-state index in [1.54, 1.807) is 4.90 Å². The molecular formula is C17H25NO6. The summed E-state index contributed by atoms with van der Waals surface area (Å²) < 4.78 is 15.3. The van der Waals surface area contributed by atoms with E-state index in [9.17, 15) is 9.59 Å². The van der Waals surface area contributed by atoms with Crippen molar-refractivity contribution < 1.29 is 28.9 Å². The molecular weight excluding hydrogens is 314 g/mol. The maximum absolute atomic E-state index is 12.3. The first kappa shape index (κ1) is 19.9. The summed E-state index contributed by atoms with van der Waals surface area (Å²) in [6.45, 7) is 1.32. The predicted octanol–water partition coefficient (Wildman–Crippen LogP) is 0.856. The van der Waals surface area contributed by atoms with Gasteiger partial charge in [-0.1, -0.05) is 18.2 Å². The third-order valence-corrected chi connectivity index (χ3v) is 3.24. The number of hydrogen-bond acceptors (Lipinski definition) is 6. The highest BCUT2D eigenvalue weighted by molar-refractivity contribution is 5.77. The number of aliphatic hydroxyl groups excluding tert-OH is 1. The van der Waals surface area contributed by atoms with Crippen LogP contribution in [0.2, 0.25) is 0 Å². The van der Waals surface area contributed by atoms with Gasteiger partial charge in [0.2, 0.25) is 5.91 Å². The summed E-state index contributed by atoms with van der Waals surface area (Å²) in [6, 6.07) is 9.25. The third-order valence-electron chi connectivity index (χ3n) is 3.24. The lowest BCUT2D eigenvalue weighted by Crippen LogP contribution is -2.36. The van der Waals surface area contributed by atoms with E-state index >= 15 is 0 Å². The van der Waals surface area contributed by atoms with Gasteiger partial charge in [0.05, 0.1) is 46.4 Å². The van der Waals surface area contributed by atoms with Gasteiger partial charge in [-0.15, -0.1) is 0 Å². The smallest absolute Gasteiger partial charge is 0.307 e. The first-order valence-electron chi connectivity index (χ1n) is 7.88. The Bertz CT molecular complexity index is 479. The van der Waals surface area contributed by atoms with Crippen molar-refractivity contribution in [2.24, 2.45) is 0 Å². The summed E-state index contributed by atoms with van der Waals surface area (Å²) in [5.41, 5.74) is 0. The molecule has 1 aromatic rings. The number of carbonyl (C=O) groups is 2. The highest BCUT2D eigenvalue weighted by atomic mass is 16.5. The highest BCUT2D eigenvalue weighted by Crippen LogP contribution is 2.09. The Morgan fingerprint density at radius 1 is 1.04 bits per heavy atom. The van der Waals surface area contributed by atoms with Gasteiger partial charge in [-0.2, -0.15) is 0 Å². The molecule has 0 bridgehead atoms. The monoisotopic (exact) mass is 339 g/mol. The number of esters is 1. The standard InChI is InChI=1S/C17H25NO6/c1-22-17(21)7-9-18(10-13-23-14-11-19)16(20)8-12-24-15-5-3-2-4-6-15/h2-6,19H,7-14H2,1H3. The van der Waals surface area contributed by atoms with Crippen LogP contribution in [0.1, 0.15) is 12.8 Å². The maximum Gasteiger partial charge on any atom is 0.307 e. The van der Waals surface area contributed by atoms with Crippen molar-refractivity contribution >= 4 is 11.9 Å². The van der Waals surface area contributed by atoms with E-state index in [1.165, 1.54) is 7.11 Å². The molecule has 0 heterocycles. The van der Waals surface area contributed by atoms with Crippen molar-refractivity contribution in [2.75, 3.05) is 46.6 Å². The molecule has 0 fully saturated rings. The summed E-state index contributed by atoms with van der Waals surface area (Å²) in [6.07, 6.45) is 0.331. The number of hydrogen-bond donors (Lipinski definition) is 1. The second-order valence-electron chi connectivity index (χ2n) is 4.95. The van der Waals surface area contributed by atoms with Gasteiger partial charge < -0.3 is 24.2 Å². The molecule has 0 atom stereocenters. The molecule has 0 saturated carbocycles. The van der Waals surface area contributed by atoms with E-state index < -0.39 is 0 Å². The molecule has 7 heteroatoms. The van der Waals surface area contributed by atoms with E-state index in [4.69, 9.17) is 14.6 Å². The number of nitrogens with zero attached hydrogens (tertiary/aromatic N) is 1. The molecule has 0 unspecified atom stereocenters. The molecule has 0 aliphatic heterocycles. The van der Waals surface area contributed by atoms with Crippen molar-refractivity contribution in [1.82, 2.24) is 4.90 Å². The fourth-order valence-electron chi connectivity index (χ4n) is 1.96. The molecule has 7 nitrogen and oxygen atoms in total. The van der Waals surface area contributed by atoms with Crippen molar-refractivity contribution in [3.63, 3.8) is 0 Å². The number of aliphatic hydroxyl groups is 1. The fourth-order valence-corrected chi connectivity index (χ4v) is 1.96. The molecule has 1 aromatic carbocycles. The predicted molar refractivity (Wildman–Crippen MR) is 87.7 cm³/mol. The lowest BCUT2D eigenvalue weighted by molar-refractivity contribution is -0.142. The molecule has 0 saturated heterocycles. The van der Waals surface area contributed by atoms with Gasteiger partial charge in [0.1, 0.15) is 5.75 Å². The van der Waals surface area contributed by atoms with Crippen molar-refractivity contribution in [2.45, 2.75) is 12.8 Å². The van der Waals surface area contributed by atoms with E-state index in [0.29, 0.717) is 18.9 Å². The van der Waals surface area contributed by atoms with E-state index in [1.807, 2.05) is 30.3 Å². The van der Waals surface area contributed by atoms with E-state index in [0.717, 1.165) is 0 Å². The zero-order valence-corrected chi connectivity index (χ0v) is 14.0.